The smallest absolute Gasteiger partial charge is 0.222 e. The van der Waals surface area contributed by atoms with Crippen molar-refractivity contribution in [2.24, 2.45) is 0 Å². The second-order valence-electron chi connectivity index (χ2n) is 2.32. The van der Waals surface area contributed by atoms with Crippen LogP contribution in [0.2, 0.25) is 0 Å². The fraction of sp³-hybridized carbons (Fsp3) is 0.333. The van der Waals surface area contributed by atoms with E-state index in [9.17, 15) is 9.59 Å². The van der Waals surface area contributed by atoms with E-state index in [0.29, 0.717) is 0 Å². The van der Waals surface area contributed by atoms with Gasteiger partial charge >= 0.3 is 0 Å². The molecule has 1 aliphatic rings. The molecule has 0 bridgehead atoms. The summed E-state index contributed by atoms with van der Waals surface area (Å²) >= 11 is 5.74. The van der Waals surface area contributed by atoms with Gasteiger partial charge in [-0.05, 0) is 22.9 Å². The summed E-state index contributed by atoms with van der Waals surface area (Å²) < 4.78 is -1.34. The molecule has 0 saturated heterocycles. The Morgan fingerprint density at radius 1 is 1.36 bits per heavy atom. The second kappa shape index (κ2) is 2.42. The maximum absolute atomic E-state index is 11.1. The van der Waals surface area contributed by atoms with Gasteiger partial charge in [0.25, 0.3) is 0 Å². The van der Waals surface area contributed by atoms with Crippen LogP contribution in [0.1, 0.15) is 6.92 Å². The Kier molecular flexibility index (Phi) is 1.96. The van der Waals surface area contributed by atoms with Crippen LogP contribution < -0.4 is 0 Å². The van der Waals surface area contributed by atoms with Gasteiger partial charge in [-0.25, -0.2) is 0 Å². The fourth-order valence-electron chi connectivity index (χ4n) is 0.739. The van der Waals surface area contributed by atoms with Crippen molar-refractivity contribution in [1.29, 1.82) is 0 Å². The Balaban J connectivity index is 3.24. The van der Waals surface area contributed by atoms with Crippen molar-refractivity contribution >= 4 is 43.4 Å². The highest BCUT2D eigenvalue weighted by molar-refractivity contribution is 9.12. The molecule has 1 atom stereocenters. The number of carbonyl (C=O) groups is 2. The lowest BCUT2D eigenvalue weighted by Crippen LogP contribution is -2.31. The number of aliphatic hydroxyl groups is 1. The van der Waals surface area contributed by atoms with E-state index in [-0.39, 0.29) is 4.48 Å². The van der Waals surface area contributed by atoms with Crippen molar-refractivity contribution in [2.45, 2.75) is 11.2 Å². The standard InChI is InChI=1S/C6H4Br2O3/c1-6(8)4(10)2(7)3(9)5(6)11/h9H,1H3/t6-/m0/s1. The minimum absolute atomic E-state index is 0.0538. The van der Waals surface area contributed by atoms with Crippen LogP contribution in [0.5, 0.6) is 0 Å². The van der Waals surface area contributed by atoms with E-state index >= 15 is 0 Å². The molecule has 0 saturated carbocycles. The third-order valence-corrected chi connectivity index (χ3v) is 2.93. The maximum atomic E-state index is 11.1. The van der Waals surface area contributed by atoms with Crippen molar-refractivity contribution in [3.05, 3.63) is 10.2 Å². The van der Waals surface area contributed by atoms with E-state index in [0.717, 1.165) is 0 Å². The Hall–Kier alpha value is -0.160. The monoisotopic (exact) mass is 282 g/mol. The van der Waals surface area contributed by atoms with Crippen LogP contribution in [0.25, 0.3) is 0 Å². The molecule has 0 fully saturated rings. The lowest BCUT2D eigenvalue weighted by molar-refractivity contribution is -0.124. The summed E-state index contributed by atoms with van der Waals surface area (Å²) in [4.78, 5) is 22.2. The van der Waals surface area contributed by atoms with Crippen molar-refractivity contribution in [3.63, 3.8) is 0 Å². The molecule has 0 radical (unpaired) electrons. The molecule has 60 valence electrons. The topological polar surface area (TPSA) is 54.4 Å². The molecule has 1 rings (SSSR count). The molecule has 0 heterocycles. The van der Waals surface area contributed by atoms with Gasteiger partial charge in [0.05, 0.1) is 0 Å². The molecule has 0 amide bonds. The number of hydrogen-bond donors (Lipinski definition) is 1. The first-order valence-corrected chi connectivity index (χ1v) is 4.35. The van der Waals surface area contributed by atoms with E-state index in [1.54, 1.807) is 0 Å². The molecular weight excluding hydrogens is 280 g/mol. The van der Waals surface area contributed by atoms with Crippen molar-refractivity contribution < 1.29 is 14.7 Å². The van der Waals surface area contributed by atoms with Gasteiger partial charge in [-0.15, -0.1) is 0 Å². The van der Waals surface area contributed by atoms with Crippen LogP contribution >= 0.6 is 31.9 Å². The van der Waals surface area contributed by atoms with Crippen molar-refractivity contribution in [3.8, 4) is 0 Å². The quantitative estimate of drug-likeness (QED) is 0.541. The van der Waals surface area contributed by atoms with Gasteiger partial charge in [-0.3, -0.25) is 9.59 Å². The number of Topliss-reactive ketones (excluding diaryl/α,β-unsaturated/α-hetero) is 2. The van der Waals surface area contributed by atoms with Crippen LogP contribution in [0.15, 0.2) is 10.2 Å². The number of alkyl halides is 1. The third kappa shape index (κ3) is 1.06. The Morgan fingerprint density at radius 2 is 1.82 bits per heavy atom. The number of halogens is 2. The highest BCUT2D eigenvalue weighted by atomic mass is 79.9. The van der Waals surface area contributed by atoms with Crippen LogP contribution in [0.3, 0.4) is 0 Å². The largest absolute Gasteiger partial charge is 0.503 e. The zero-order chi connectivity index (χ0) is 8.81. The van der Waals surface area contributed by atoms with Gasteiger partial charge in [0.1, 0.15) is 4.48 Å². The molecule has 5 heteroatoms. The van der Waals surface area contributed by atoms with Gasteiger partial charge in [0.2, 0.25) is 5.78 Å². The Bertz CT molecular complexity index is 252. The summed E-state index contributed by atoms with van der Waals surface area (Å²) in [6, 6.07) is 0. The maximum Gasteiger partial charge on any atom is 0.222 e. The highest BCUT2D eigenvalue weighted by Gasteiger charge is 2.49. The molecule has 1 N–H and O–H groups in total. The SMILES string of the molecule is C[C@@]1(Br)C(=O)C(O)=C(Br)C1=O. The summed E-state index contributed by atoms with van der Waals surface area (Å²) in [7, 11) is 0. The molecular formula is C6H4Br2O3. The number of aliphatic hydroxyl groups excluding tert-OH is 1. The van der Waals surface area contributed by atoms with Crippen LogP contribution in [0.4, 0.5) is 0 Å². The van der Waals surface area contributed by atoms with Crippen LogP contribution in [-0.2, 0) is 9.59 Å². The minimum Gasteiger partial charge on any atom is -0.503 e. The van der Waals surface area contributed by atoms with Gasteiger partial charge in [-0.1, -0.05) is 15.9 Å². The number of ketones is 2. The average molecular weight is 284 g/mol. The summed E-state index contributed by atoms with van der Waals surface area (Å²) in [5.74, 6) is -1.55. The van der Waals surface area contributed by atoms with E-state index in [2.05, 4.69) is 31.9 Å². The second-order valence-corrected chi connectivity index (χ2v) is 4.70. The molecule has 0 aromatic rings. The third-order valence-electron chi connectivity index (χ3n) is 1.48. The summed E-state index contributed by atoms with van der Waals surface area (Å²) in [6.45, 7) is 1.40. The van der Waals surface area contributed by atoms with Crippen molar-refractivity contribution in [1.82, 2.24) is 0 Å². The Morgan fingerprint density at radius 3 is 1.91 bits per heavy atom. The van der Waals surface area contributed by atoms with Gasteiger partial charge in [-0.2, -0.15) is 0 Å². The predicted molar refractivity (Wildman–Crippen MR) is 45.9 cm³/mol. The van der Waals surface area contributed by atoms with Crippen molar-refractivity contribution in [2.75, 3.05) is 0 Å². The van der Waals surface area contributed by atoms with Gasteiger partial charge in [0, 0.05) is 0 Å². The van der Waals surface area contributed by atoms with E-state index in [1.165, 1.54) is 6.92 Å². The van der Waals surface area contributed by atoms with Gasteiger partial charge in [0.15, 0.2) is 15.9 Å². The zero-order valence-electron chi connectivity index (χ0n) is 5.52. The fourth-order valence-corrected chi connectivity index (χ4v) is 1.97. The summed E-state index contributed by atoms with van der Waals surface area (Å²) in [5, 5.41) is 9.00. The van der Waals surface area contributed by atoms with E-state index in [4.69, 9.17) is 5.11 Å². The lowest BCUT2D eigenvalue weighted by Gasteiger charge is -2.08. The predicted octanol–water partition coefficient (Wildman–Crippen LogP) is 1.46. The minimum atomic E-state index is -1.28. The summed E-state index contributed by atoms with van der Waals surface area (Å²) in [6.07, 6.45) is 0. The van der Waals surface area contributed by atoms with Crippen LogP contribution in [0, 0.1) is 0 Å². The molecule has 0 spiro atoms. The molecule has 1 aliphatic carbocycles. The lowest BCUT2D eigenvalue weighted by atomic mass is 10.1. The molecule has 0 aliphatic heterocycles. The number of rotatable bonds is 0. The first-order valence-electron chi connectivity index (χ1n) is 2.76. The first kappa shape index (κ1) is 8.93. The zero-order valence-corrected chi connectivity index (χ0v) is 8.69. The molecule has 11 heavy (non-hydrogen) atoms. The van der Waals surface area contributed by atoms with Crippen LogP contribution in [-0.4, -0.2) is 21.0 Å². The average Bonchev–Trinajstić information content (AvgIpc) is 2.06. The normalized spacial score (nSPS) is 31.9. The first-order chi connectivity index (χ1) is 4.89. The highest BCUT2D eigenvalue weighted by Crippen LogP contribution is 2.36. The number of carbonyl (C=O) groups excluding carboxylic acids is 2. The Labute approximate surface area is 79.7 Å². The van der Waals surface area contributed by atoms with E-state index in [1.807, 2.05) is 0 Å². The molecule has 0 unspecified atom stereocenters. The molecule has 3 nitrogen and oxygen atoms in total. The van der Waals surface area contributed by atoms with E-state index < -0.39 is 21.6 Å². The molecule has 0 aromatic carbocycles. The summed E-state index contributed by atoms with van der Waals surface area (Å²) in [5.41, 5.74) is 0. The molecule has 0 aromatic heterocycles. The van der Waals surface area contributed by atoms with Gasteiger partial charge < -0.3 is 5.11 Å². The number of allylic oxidation sites excluding steroid dienone is 2. The number of hydrogen-bond acceptors (Lipinski definition) is 3.